The van der Waals surface area contributed by atoms with Crippen molar-refractivity contribution in [3.63, 3.8) is 0 Å². The molecule has 1 aliphatic heterocycles. The summed E-state index contributed by atoms with van der Waals surface area (Å²) in [5.41, 5.74) is 1.30. The summed E-state index contributed by atoms with van der Waals surface area (Å²) in [6.45, 7) is 4.94. The third-order valence-corrected chi connectivity index (χ3v) is 3.62. The van der Waals surface area contributed by atoms with Gasteiger partial charge in [-0.15, -0.1) is 0 Å². The van der Waals surface area contributed by atoms with E-state index in [0.717, 1.165) is 0 Å². The number of hydrazine groups is 1. The van der Waals surface area contributed by atoms with E-state index < -0.39 is 29.5 Å². The normalized spacial score (nSPS) is 22.2. The molecular weight excluding hydrogens is 286 g/mol. The van der Waals surface area contributed by atoms with Gasteiger partial charge in [-0.3, -0.25) is 15.0 Å². The number of carbonyl (C=O) groups excluding carboxylic acids is 3. The van der Waals surface area contributed by atoms with Crippen molar-refractivity contribution >= 4 is 17.8 Å². The molecule has 0 aliphatic carbocycles. The second kappa shape index (κ2) is 6.05. The van der Waals surface area contributed by atoms with E-state index in [-0.39, 0.29) is 0 Å². The van der Waals surface area contributed by atoms with Crippen molar-refractivity contribution < 1.29 is 19.1 Å². The number of hydrogen-bond donors (Lipinski definition) is 2. The van der Waals surface area contributed by atoms with Crippen molar-refractivity contribution in [3.05, 3.63) is 30.3 Å². The van der Waals surface area contributed by atoms with E-state index in [2.05, 4.69) is 10.7 Å². The molecule has 1 aliphatic rings. The van der Waals surface area contributed by atoms with Crippen molar-refractivity contribution in [1.29, 1.82) is 0 Å². The van der Waals surface area contributed by atoms with Crippen molar-refractivity contribution in [1.82, 2.24) is 15.8 Å². The Balaban J connectivity index is 2.00. The minimum atomic E-state index is -0.992. The predicted octanol–water partition coefficient (Wildman–Crippen LogP) is 1.21. The van der Waals surface area contributed by atoms with E-state index in [4.69, 9.17) is 4.74 Å². The van der Waals surface area contributed by atoms with E-state index in [1.807, 2.05) is 6.07 Å². The molecule has 7 nitrogen and oxygen atoms in total. The first kappa shape index (κ1) is 15.8. The lowest BCUT2D eigenvalue weighted by atomic mass is 10.00. The van der Waals surface area contributed by atoms with Gasteiger partial charge in [0.05, 0.1) is 0 Å². The fourth-order valence-electron chi connectivity index (χ4n) is 1.98. The zero-order valence-corrected chi connectivity index (χ0v) is 12.8. The molecular formula is C15H19N3O4. The van der Waals surface area contributed by atoms with Crippen LogP contribution in [0.5, 0.6) is 5.75 Å². The molecule has 0 bridgehead atoms. The molecule has 1 aromatic rings. The van der Waals surface area contributed by atoms with Crippen molar-refractivity contribution in [2.75, 3.05) is 0 Å². The van der Waals surface area contributed by atoms with Crippen LogP contribution in [0, 0.1) is 0 Å². The zero-order chi connectivity index (χ0) is 16.3. The lowest BCUT2D eigenvalue weighted by Crippen LogP contribution is -2.51. The van der Waals surface area contributed by atoms with Gasteiger partial charge in [-0.2, -0.15) is 5.01 Å². The topological polar surface area (TPSA) is 87.7 Å². The summed E-state index contributed by atoms with van der Waals surface area (Å²) in [6.07, 6.45) is -0.420. The average molecular weight is 305 g/mol. The molecule has 4 amide bonds. The molecule has 2 N–H and O–H groups in total. The van der Waals surface area contributed by atoms with E-state index in [1.165, 1.54) is 0 Å². The van der Waals surface area contributed by atoms with Crippen LogP contribution in [0.15, 0.2) is 30.3 Å². The minimum Gasteiger partial charge on any atom is -0.481 e. The number of para-hydroxylation sites is 1. The Labute approximate surface area is 128 Å². The number of urea groups is 1. The molecule has 0 unspecified atom stereocenters. The van der Waals surface area contributed by atoms with E-state index in [9.17, 15) is 14.4 Å². The van der Waals surface area contributed by atoms with Gasteiger partial charge in [0.25, 0.3) is 11.8 Å². The molecule has 0 spiro atoms. The van der Waals surface area contributed by atoms with Crippen LogP contribution in [-0.2, 0) is 9.59 Å². The number of hydrogen-bond acceptors (Lipinski definition) is 4. The molecule has 22 heavy (non-hydrogen) atoms. The number of ether oxygens (including phenoxy) is 1. The number of imide groups is 1. The van der Waals surface area contributed by atoms with Gasteiger partial charge in [0, 0.05) is 0 Å². The standard InChI is InChI=1S/C15H19N3O4/c1-4-15(3)13(20)18(14(21)16-15)17-12(19)10(2)22-11-8-6-5-7-9-11/h5-10H,4H2,1-3H3,(H,16,21)(H,17,19)/t10-,15+/m0/s1. The van der Waals surface area contributed by atoms with Crippen LogP contribution in [0.3, 0.4) is 0 Å². The van der Waals surface area contributed by atoms with Crippen molar-refractivity contribution in [2.45, 2.75) is 38.8 Å². The molecule has 1 heterocycles. The second-order valence-electron chi connectivity index (χ2n) is 5.31. The zero-order valence-electron chi connectivity index (χ0n) is 12.8. The summed E-state index contributed by atoms with van der Waals surface area (Å²) in [5, 5.41) is 3.26. The number of amides is 4. The first-order valence-corrected chi connectivity index (χ1v) is 7.06. The largest absolute Gasteiger partial charge is 0.481 e. The molecule has 0 radical (unpaired) electrons. The highest BCUT2D eigenvalue weighted by Gasteiger charge is 2.47. The van der Waals surface area contributed by atoms with Crippen LogP contribution >= 0.6 is 0 Å². The third-order valence-electron chi connectivity index (χ3n) is 3.62. The lowest BCUT2D eigenvalue weighted by molar-refractivity contribution is -0.141. The van der Waals surface area contributed by atoms with Crippen molar-refractivity contribution in [2.24, 2.45) is 0 Å². The van der Waals surface area contributed by atoms with Gasteiger partial charge in [0.15, 0.2) is 6.10 Å². The smallest absolute Gasteiger partial charge is 0.344 e. The number of carbonyl (C=O) groups is 3. The van der Waals surface area contributed by atoms with Gasteiger partial charge < -0.3 is 10.1 Å². The van der Waals surface area contributed by atoms with Crippen LogP contribution in [0.2, 0.25) is 0 Å². The van der Waals surface area contributed by atoms with Crippen LogP contribution in [0.4, 0.5) is 4.79 Å². The fraction of sp³-hybridized carbons (Fsp3) is 0.400. The summed E-state index contributed by atoms with van der Waals surface area (Å²) in [6, 6.07) is 8.18. The van der Waals surface area contributed by atoms with Crippen molar-refractivity contribution in [3.8, 4) is 5.75 Å². The Bertz CT molecular complexity index is 590. The Hall–Kier alpha value is -2.57. The highest BCUT2D eigenvalue weighted by atomic mass is 16.5. The van der Waals surface area contributed by atoms with Gasteiger partial charge in [-0.05, 0) is 32.4 Å². The second-order valence-corrected chi connectivity index (χ2v) is 5.31. The Morgan fingerprint density at radius 1 is 1.36 bits per heavy atom. The summed E-state index contributed by atoms with van der Waals surface area (Å²) in [4.78, 5) is 36.1. The quantitative estimate of drug-likeness (QED) is 0.800. The molecule has 118 valence electrons. The number of nitrogens with zero attached hydrogens (tertiary/aromatic N) is 1. The third kappa shape index (κ3) is 3.03. The molecule has 2 rings (SSSR count). The maximum Gasteiger partial charge on any atom is 0.344 e. The first-order chi connectivity index (χ1) is 10.4. The molecule has 2 atom stereocenters. The molecule has 0 saturated carbocycles. The van der Waals surface area contributed by atoms with Gasteiger partial charge in [0.2, 0.25) is 0 Å². The Kier molecular flexibility index (Phi) is 4.35. The highest BCUT2D eigenvalue weighted by molar-refractivity contribution is 6.07. The maximum absolute atomic E-state index is 12.2. The first-order valence-electron chi connectivity index (χ1n) is 7.06. The summed E-state index contributed by atoms with van der Waals surface area (Å²) >= 11 is 0. The Morgan fingerprint density at radius 2 is 2.00 bits per heavy atom. The average Bonchev–Trinajstić information content (AvgIpc) is 2.72. The summed E-state index contributed by atoms with van der Waals surface area (Å²) in [7, 11) is 0. The lowest BCUT2D eigenvalue weighted by Gasteiger charge is -2.21. The van der Waals surface area contributed by atoms with Gasteiger partial charge >= 0.3 is 6.03 Å². The van der Waals surface area contributed by atoms with Crippen LogP contribution in [0.25, 0.3) is 0 Å². The minimum absolute atomic E-state index is 0.431. The van der Waals surface area contributed by atoms with Gasteiger partial charge in [-0.25, -0.2) is 4.79 Å². The molecule has 1 aromatic carbocycles. The van der Waals surface area contributed by atoms with Crippen LogP contribution < -0.4 is 15.5 Å². The monoisotopic (exact) mass is 305 g/mol. The number of benzene rings is 1. The Morgan fingerprint density at radius 3 is 2.55 bits per heavy atom. The molecule has 0 aromatic heterocycles. The number of rotatable bonds is 5. The van der Waals surface area contributed by atoms with Gasteiger partial charge in [0.1, 0.15) is 11.3 Å². The van der Waals surface area contributed by atoms with Gasteiger partial charge in [-0.1, -0.05) is 25.1 Å². The van der Waals surface area contributed by atoms with Crippen LogP contribution in [0.1, 0.15) is 27.2 Å². The highest BCUT2D eigenvalue weighted by Crippen LogP contribution is 2.19. The summed E-state index contributed by atoms with van der Waals surface area (Å²) < 4.78 is 5.45. The molecule has 1 saturated heterocycles. The SMILES string of the molecule is CC[C@@]1(C)NC(=O)N(NC(=O)[C@H](C)Oc2ccccc2)C1=O. The molecule has 7 heteroatoms. The van der Waals surface area contributed by atoms with E-state index >= 15 is 0 Å². The fourth-order valence-corrected chi connectivity index (χ4v) is 1.98. The maximum atomic E-state index is 12.2. The van der Waals surface area contributed by atoms with Crippen LogP contribution in [-0.4, -0.2) is 34.5 Å². The predicted molar refractivity (Wildman–Crippen MR) is 78.7 cm³/mol. The molecule has 1 fully saturated rings. The summed E-state index contributed by atoms with van der Waals surface area (Å²) in [5.74, 6) is -0.534. The number of nitrogens with one attached hydrogen (secondary N) is 2. The van der Waals surface area contributed by atoms with E-state index in [0.29, 0.717) is 17.2 Å². The van der Waals surface area contributed by atoms with E-state index in [1.54, 1.807) is 45.0 Å².